The van der Waals surface area contributed by atoms with Crippen molar-refractivity contribution >= 4 is 12.0 Å². The van der Waals surface area contributed by atoms with Gasteiger partial charge in [-0.15, -0.1) is 0 Å². The number of ether oxygens (including phenoxy) is 1. The fraction of sp³-hybridized carbons (Fsp3) is 0.739. The van der Waals surface area contributed by atoms with Gasteiger partial charge in [0.25, 0.3) is 0 Å². The van der Waals surface area contributed by atoms with Crippen LogP contribution in [0.25, 0.3) is 0 Å². The molecule has 1 aliphatic heterocycles. The highest BCUT2D eigenvalue weighted by atomic mass is 16.6. The molecule has 6 nitrogen and oxygen atoms in total. The Balaban J connectivity index is 2.48. The summed E-state index contributed by atoms with van der Waals surface area (Å²) < 4.78 is 5.40. The molecule has 0 aromatic heterocycles. The highest BCUT2D eigenvalue weighted by Gasteiger charge is 2.30. The first-order chi connectivity index (χ1) is 13.3. The minimum absolute atomic E-state index is 0.0484. The Morgan fingerprint density at radius 1 is 1.24 bits per heavy atom. The number of likely N-dealkylation sites (tertiary alicyclic amines) is 1. The largest absolute Gasteiger partial charge is 0.444 e. The van der Waals surface area contributed by atoms with Crippen LogP contribution in [-0.4, -0.2) is 53.3 Å². The van der Waals surface area contributed by atoms with Gasteiger partial charge < -0.3 is 20.1 Å². The lowest BCUT2D eigenvalue weighted by molar-refractivity contribution is -0.118. The molecule has 1 saturated heterocycles. The molecule has 1 unspecified atom stereocenters. The second-order valence-electron chi connectivity index (χ2n) is 9.67. The van der Waals surface area contributed by atoms with Crippen LogP contribution in [0.1, 0.15) is 67.7 Å². The van der Waals surface area contributed by atoms with E-state index in [9.17, 15) is 14.7 Å². The molecule has 2 amide bonds. The molecule has 0 bridgehead atoms. The van der Waals surface area contributed by atoms with Gasteiger partial charge in [-0.2, -0.15) is 0 Å². The zero-order chi connectivity index (χ0) is 22.4. The van der Waals surface area contributed by atoms with Gasteiger partial charge in [-0.05, 0) is 63.9 Å². The van der Waals surface area contributed by atoms with Crippen molar-refractivity contribution in [1.82, 2.24) is 10.2 Å². The molecule has 0 aromatic rings. The molecule has 2 N–H and O–H groups in total. The summed E-state index contributed by atoms with van der Waals surface area (Å²) >= 11 is 0. The Morgan fingerprint density at radius 2 is 1.79 bits per heavy atom. The summed E-state index contributed by atoms with van der Waals surface area (Å²) in [6.45, 7) is 19.0. The van der Waals surface area contributed by atoms with Gasteiger partial charge in [0.15, 0.2) is 0 Å². The maximum Gasteiger partial charge on any atom is 0.410 e. The van der Waals surface area contributed by atoms with E-state index in [-0.39, 0.29) is 29.9 Å². The van der Waals surface area contributed by atoms with E-state index in [1.165, 1.54) is 0 Å². The smallest absolute Gasteiger partial charge is 0.410 e. The van der Waals surface area contributed by atoms with Crippen molar-refractivity contribution in [1.29, 1.82) is 0 Å². The molecule has 1 atom stereocenters. The van der Waals surface area contributed by atoms with Crippen LogP contribution >= 0.6 is 0 Å². The molecule has 166 valence electrons. The zero-order valence-electron chi connectivity index (χ0n) is 19.3. The quantitative estimate of drug-likeness (QED) is 0.492. The summed E-state index contributed by atoms with van der Waals surface area (Å²) in [6.07, 6.45) is 3.19. The molecule has 6 heteroatoms. The maximum atomic E-state index is 12.4. The zero-order valence-corrected chi connectivity index (χ0v) is 19.3. The number of nitrogens with zero attached hydrogens (tertiary/aromatic N) is 1. The number of rotatable bonds is 7. The molecule has 0 aromatic carbocycles. The summed E-state index contributed by atoms with van der Waals surface area (Å²) in [5, 5.41) is 13.3. The normalized spacial score (nSPS) is 17.7. The number of amides is 2. The molecule has 1 aliphatic rings. The van der Waals surface area contributed by atoms with Crippen molar-refractivity contribution in [2.24, 2.45) is 11.3 Å². The van der Waals surface area contributed by atoms with Crippen molar-refractivity contribution in [2.75, 3.05) is 19.6 Å². The lowest BCUT2D eigenvalue weighted by atomic mass is 9.82. The fourth-order valence-electron chi connectivity index (χ4n) is 3.05. The highest BCUT2D eigenvalue weighted by Crippen LogP contribution is 2.30. The van der Waals surface area contributed by atoms with Crippen LogP contribution in [-0.2, 0) is 9.53 Å². The van der Waals surface area contributed by atoms with Gasteiger partial charge in [-0.25, -0.2) is 4.79 Å². The Hall–Kier alpha value is -1.82. The number of piperidine rings is 1. The molecular formula is C23H40N2O4. The summed E-state index contributed by atoms with van der Waals surface area (Å²) in [4.78, 5) is 26.2. The van der Waals surface area contributed by atoms with Crippen LogP contribution in [0.15, 0.2) is 23.8 Å². The molecule has 1 heterocycles. The van der Waals surface area contributed by atoms with Crippen molar-refractivity contribution < 1.29 is 19.4 Å². The van der Waals surface area contributed by atoms with Crippen molar-refractivity contribution in [2.45, 2.75) is 79.4 Å². The van der Waals surface area contributed by atoms with Gasteiger partial charge in [0.1, 0.15) is 5.60 Å². The number of hydrogen-bond donors (Lipinski definition) is 2. The van der Waals surface area contributed by atoms with Crippen LogP contribution in [0.2, 0.25) is 0 Å². The van der Waals surface area contributed by atoms with E-state index < -0.39 is 11.7 Å². The summed E-state index contributed by atoms with van der Waals surface area (Å²) in [7, 11) is 0. The lowest BCUT2D eigenvalue weighted by Gasteiger charge is -2.35. The SMILES string of the molecule is C=C(/C=C(\C)C(=O)NCC(O)C1CCN(C(=O)OC(C)(C)C)CC1)C(C)(C)CC. The number of carbonyl (C=O) groups excluding carboxylic acids is 2. The Kier molecular flexibility index (Phi) is 8.94. The second kappa shape index (κ2) is 10.3. The monoisotopic (exact) mass is 408 g/mol. The molecule has 0 aliphatic carbocycles. The topological polar surface area (TPSA) is 78.9 Å². The predicted octanol–water partition coefficient (Wildman–Crippen LogP) is 4.05. The molecule has 29 heavy (non-hydrogen) atoms. The van der Waals surface area contributed by atoms with E-state index in [4.69, 9.17) is 4.74 Å². The Labute approximate surface area is 176 Å². The van der Waals surface area contributed by atoms with Gasteiger partial charge in [0.05, 0.1) is 6.10 Å². The molecule has 1 rings (SSSR count). The van der Waals surface area contributed by atoms with E-state index in [1.807, 2.05) is 26.8 Å². The lowest BCUT2D eigenvalue weighted by Crippen LogP contribution is -2.45. The molecular weight excluding hydrogens is 368 g/mol. The van der Waals surface area contributed by atoms with E-state index >= 15 is 0 Å². The molecule has 0 spiro atoms. The fourth-order valence-corrected chi connectivity index (χ4v) is 3.05. The number of hydrogen-bond acceptors (Lipinski definition) is 4. The third kappa shape index (κ3) is 8.21. The van der Waals surface area contributed by atoms with Gasteiger partial charge in [-0.1, -0.05) is 33.4 Å². The van der Waals surface area contributed by atoms with E-state index in [0.717, 1.165) is 12.0 Å². The van der Waals surface area contributed by atoms with Gasteiger partial charge in [-0.3, -0.25) is 4.79 Å². The summed E-state index contributed by atoms with van der Waals surface area (Å²) in [5.74, 6) is -0.143. The number of nitrogens with one attached hydrogen (secondary N) is 1. The van der Waals surface area contributed by atoms with Crippen LogP contribution in [0.4, 0.5) is 4.79 Å². The number of aliphatic hydroxyl groups excluding tert-OH is 1. The van der Waals surface area contributed by atoms with Crippen molar-refractivity contribution in [3.63, 3.8) is 0 Å². The van der Waals surface area contributed by atoms with E-state index in [1.54, 1.807) is 11.8 Å². The van der Waals surface area contributed by atoms with Gasteiger partial charge in [0.2, 0.25) is 5.91 Å². The highest BCUT2D eigenvalue weighted by molar-refractivity contribution is 5.93. The third-order valence-corrected chi connectivity index (χ3v) is 5.71. The van der Waals surface area contributed by atoms with Crippen molar-refractivity contribution in [3.8, 4) is 0 Å². The number of carbonyl (C=O) groups is 2. The number of aliphatic hydroxyl groups is 1. The van der Waals surface area contributed by atoms with Crippen LogP contribution in [0.3, 0.4) is 0 Å². The van der Waals surface area contributed by atoms with Crippen LogP contribution in [0, 0.1) is 11.3 Å². The average molecular weight is 409 g/mol. The van der Waals surface area contributed by atoms with Gasteiger partial charge in [0, 0.05) is 25.2 Å². The first kappa shape index (κ1) is 25.2. The maximum absolute atomic E-state index is 12.4. The number of allylic oxidation sites excluding steroid dienone is 2. The third-order valence-electron chi connectivity index (χ3n) is 5.71. The van der Waals surface area contributed by atoms with E-state index in [2.05, 4.69) is 32.7 Å². The summed E-state index contributed by atoms with van der Waals surface area (Å²) in [5.41, 5.74) is 0.940. The average Bonchev–Trinajstić information content (AvgIpc) is 2.64. The predicted molar refractivity (Wildman–Crippen MR) is 117 cm³/mol. The molecule has 0 radical (unpaired) electrons. The Bertz CT molecular complexity index is 623. The minimum Gasteiger partial charge on any atom is -0.444 e. The second-order valence-corrected chi connectivity index (χ2v) is 9.67. The Morgan fingerprint density at radius 3 is 2.28 bits per heavy atom. The van der Waals surface area contributed by atoms with E-state index in [0.29, 0.717) is 31.5 Å². The van der Waals surface area contributed by atoms with Gasteiger partial charge >= 0.3 is 6.09 Å². The van der Waals surface area contributed by atoms with Crippen LogP contribution < -0.4 is 5.32 Å². The minimum atomic E-state index is -0.636. The molecule has 0 saturated carbocycles. The standard InChI is InChI=1S/C23H40N2O4/c1-9-23(7,8)17(3)14-16(2)20(27)24-15-19(26)18-10-12-25(13-11-18)21(28)29-22(4,5)6/h14,18-19,26H,3,9-13,15H2,1-2,4-8H3,(H,24,27)/b16-14+. The summed E-state index contributed by atoms with van der Waals surface area (Å²) in [6, 6.07) is 0. The first-order valence-corrected chi connectivity index (χ1v) is 10.6. The molecule has 1 fully saturated rings. The van der Waals surface area contributed by atoms with Crippen molar-refractivity contribution in [3.05, 3.63) is 23.8 Å². The van der Waals surface area contributed by atoms with Crippen LogP contribution in [0.5, 0.6) is 0 Å². The first-order valence-electron chi connectivity index (χ1n) is 10.6.